The molecule has 0 aliphatic carbocycles. The smallest absolute Gasteiger partial charge is 0.410 e. The third kappa shape index (κ3) is 2.98. The normalized spacial score (nSPS) is 28.7. The summed E-state index contributed by atoms with van der Waals surface area (Å²) in [4.78, 5) is 39.1. The average molecular weight is 364 g/mol. The number of aliphatic hydroxyl groups is 1. The number of likely N-dealkylation sites (tertiary alicyclic amines) is 1. The van der Waals surface area contributed by atoms with Crippen LogP contribution in [0.25, 0.3) is 0 Å². The molecule has 0 radical (unpaired) electrons. The van der Waals surface area contributed by atoms with E-state index in [9.17, 15) is 24.6 Å². The lowest BCUT2D eigenvalue weighted by molar-refractivity contribution is -0.161. The third-order valence-corrected chi connectivity index (χ3v) is 5.44. The molecule has 2 N–H and O–H groups in total. The molecule has 4 atom stereocenters. The van der Waals surface area contributed by atoms with Crippen molar-refractivity contribution >= 4 is 18.0 Å². The minimum absolute atomic E-state index is 0.0169. The first-order valence-electron chi connectivity index (χ1n) is 8.87. The Labute approximate surface area is 151 Å². The highest BCUT2D eigenvalue weighted by atomic mass is 16.6. The number of ether oxygens (including phenoxy) is 1. The summed E-state index contributed by atoms with van der Waals surface area (Å²) in [6.45, 7) is 5.76. The molecule has 8 heteroatoms. The number of carbonyl (C=O) groups is 3. The lowest BCUT2D eigenvalue weighted by Gasteiger charge is -2.44. The first-order chi connectivity index (χ1) is 12.4. The maximum absolute atomic E-state index is 12.2. The second kappa shape index (κ2) is 7.11. The van der Waals surface area contributed by atoms with Gasteiger partial charge in [0, 0.05) is 12.6 Å². The van der Waals surface area contributed by atoms with E-state index in [0.717, 1.165) is 12.8 Å². The van der Waals surface area contributed by atoms with E-state index in [4.69, 9.17) is 4.74 Å². The highest BCUT2D eigenvalue weighted by Gasteiger charge is 2.56. The van der Waals surface area contributed by atoms with Gasteiger partial charge in [0.25, 0.3) is 0 Å². The highest BCUT2D eigenvalue weighted by molar-refractivity contribution is 5.99. The molecule has 26 heavy (non-hydrogen) atoms. The summed E-state index contributed by atoms with van der Waals surface area (Å²) in [5.74, 6) is -2.04. The van der Waals surface area contributed by atoms with E-state index in [1.807, 2.05) is 0 Å². The average Bonchev–Trinajstić information content (AvgIpc) is 3.15. The van der Waals surface area contributed by atoms with E-state index in [1.165, 1.54) is 11.0 Å². The zero-order valence-corrected chi connectivity index (χ0v) is 14.8. The third-order valence-electron chi connectivity index (χ3n) is 5.44. The second-order valence-electron chi connectivity index (χ2n) is 7.06. The molecule has 2 fully saturated rings. The van der Waals surface area contributed by atoms with Gasteiger partial charge in [0.05, 0.1) is 18.1 Å². The predicted octanol–water partition coefficient (Wildman–Crippen LogP) is 1.11. The van der Waals surface area contributed by atoms with Gasteiger partial charge < -0.3 is 24.7 Å². The van der Waals surface area contributed by atoms with Crippen LogP contribution in [0.15, 0.2) is 23.9 Å². The van der Waals surface area contributed by atoms with E-state index < -0.39 is 24.1 Å². The Hall–Kier alpha value is -2.35. The van der Waals surface area contributed by atoms with Crippen molar-refractivity contribution in [1.82, 2.24) is 9.80 Å². The largest absolute Gasteiger partial charge is 0.477 e. The van der Waals surface area contributed by atoms with Crippen LogP contribution in [0.1, 0.15) is 32.6 Å². The topological polar surface area (TPSA) is 107 Å². The Bertz CT molecular complexity index is 671. The van der Waals surface area contributed by atoms with E-state index in [0.29, 0.717) is 25.0 Å². The summed E-state index contributed by atoms with van der Waals surface area (Å²) in [7, 11) is 0. The van der Waals surface area contributed by atoms with E-state index in [-0.39, 0.29) is 30.3 Å². The fraction of sp³-hybridized carbons (Fsp3) is 0.611. The molecule has 2 amide bonds. The number of amides is 2. The Morgan fingerprint density at radius 3 is 2.81 bits per heavy atom. The Morgan fingerprint density at radius 1 is 1.46 bits per heavy atom. The van der Waals surface area contributed by atoms with E-state index in [2.05, 4.69) is 6.58 Å². The highest BCUT2D eigenvalue weighted by Crippen LogP contribution is 2.45. The predicted molar refractivity (Wildman–Crippen MR) is 91.0 cm³/mol. The fourth-order valence-corrected chi connectivity index (χ4v) is 4.33. The zero-order chi connectivity index (χ0) is 19.0. The Kier molecular flexibility index (Phi) is 5.04. The van der Waals surface area contributed by atoms with Crippen molar-refractivity contribution in [2.24, 2.45) is 5.92 Å². The summed E-state index contributed by atoms with van der Waals surface area (Å²) in [6.07, 6.45) is 2.67. The number of hydrogen-bond acceptors (Lipinski definition) is 5. The summed E-state index contributed by atoms with van der Waals surface area (Å²) < 4.78 is 5.10. The van der Waals surface area contributed by atoms with E-state index in [1.54, 1.807) is 11.8 Å². The molecular formula is C18H24N2O6. The van der Waals surface area contributed by atoms with Crippen LogP contribution in [-0.2, 0) is 14.3 Å². The Balaban J connectivity index is 1.76. The molecule has 3 aliphatic heterocycles. The van der Waals surface area contributed by atoms with Crippen LogP contribution in [-0.4, -0.2) is 69.3 Å². The van der Waals surface area contributed by atoms with Crippen LogP contribution in [0, 0.1) is 5.92 Å². The van der Waals surface area contributed by atoms with Crippen molar-refractivity contribution in [2.75, 3.05) is 13.2 Å². The monoisotopic (exact) mass is 364 g/mol. The van der Waals surface area contributed by atoms with Crippen LogP contribution in [0.4, 0.5) is 4.79 Å². The summed E-state index contributed by atoms with van der Waals surface area (Å²) >= 11 is 0. The van der Waals surface area contributed by atoms with Crippen LogP contribution in [0.5, 0.6) is 0 Å². The van der Waals surface area contributed by atoms with Gasteiger partial charge in [0.2, 0.25) is 5.91 Å². The number of rotatable bonds is 6. The molecule has 0 aromatic rings. The van der Waals surface area contributed by atoms with Gasteiger partial charge in [-0.05, 0) is 38.2 Å². The van der Waals surface area contributed by atoms with Crippen molar-refractivity contribution < 1.29 is 29.3 Å². The summed E-state index contributed by atoms with van der Waals surface area (Å²) in [6, 6.07) is -0.443. The summed E-state index contributed by atoms with van der Waals surface area (Å²) in [5, 5.41) is 19.4. The molecular weight excluding hydrogens is 340 g/mol. The van der Waals surface area contributed by atoms with Gasteiger partial charge in [0.1, 0.15) is 12.3 Å². The SMILES string of the molecule is C=CCOC(=O)N1CCC[C@H]1CC1=C(C(=O)O)N2C(=O)[C@H]([C@@H](C)O)[C@H]2C1. The van der Waals surface area contributed by atoms with Gasteiger partial charge in [-0.15, -0.1) is 0 Å². The maximum Gasteiger partial charge on any atom is 0.410 e. The fourth-order valence-electron chi connectivity index (χ4n) is 4.33. The number of nitrogens with zero attached hydrogens (tertiary/aromatic N) is 2. The molecule has 0 saturated carbocycles. The van der Waals surface area contributed by atoms with Crippen molar-refractivity contribution in [3.8, 4) is 0 Å². The molecule has 2 saturated heterocycles. The minimum atomic E-state index is -1.14. The van der Waals surface area contributed by atoms with Crippen LogP contribution in [0.2, 0.25) is 0 Å². The van der Waals surface area contributed by atoms with Crippen LogP contribution >= 0.6 is 0 Å². The molecule has 8 nitrogen and oxygen atoms in total. The van der Waals surface area contributed by atoms with Gasteiger partial charge in [0.15, 0.2) is 0 Å². The van der Waals surface area contributed by atoms with Crippen LogP contribution < -0.4 is 0 Å². The standard InChI is InChI=1S/C18H24N2O6/c1-3-7-26-18(25)19-6-4-5-12(19)8-11-9-13-14(10(2)21)16(22)20(13)15(11)17(23)24/h3,10,12-14,21H,1,4-9H2,2H3,(H,23,24)/t10-,12+,13-,14-/m1/s1. The van der Waals surface area contributed by atoms with Gasteiger partial charge >= 0.3 is 12.1 Å². The van der Waals surface area contributed by atoms with Crippen molar-refractivity contribution in [1.29, 1.82) is 0 Å². The molecule has 3 rings (SSSR count). The second-order valence-corrected chi connectivity index (χ2v) is 7.06. The zero-order valence-electron chi connectivity index (χ0n) is 14.8. The number of aliphatic hydroxyl groups excluding tert-OH is 1. The number of carboxylic acids is 1. The van der Waals surface area contributed by atoms with E-state index >= 15 is 0 Å². The number of hydrogen-bond donors (Lipinski definition) is 2. The molecule has 142 valence electrons. The first-order valence-corrected chi connectivity index (χ1v) is 8.87. The van der Waals surface area contributed by atoms with Crippen molar-refractivity contribution in [3.63, 3.8) is 0 Å². The van der Waals surface area contributed by atoms with Gasteiger partial charge in [-0.25, -0.2) is 9.59 Å². The molecule has 0 bridgehead atoms. The molecule has 3 aliphatic rings. The lowest BCUT2D eigenvalue weighted by Crippen LogP contribution is -2.61. The molecule has 0 aromatic carbocycles. The lowest BCUT2D eigenvalue weighted by atomic mass is 9.82. The quantitative estimate of drug-likeness (QED) is 0.540. The number of β-lactam (4-membered cyclic amide) rings is 1. The first kappa shape index (κ1) is 18.4. The van der Waals surface area contributed by atoms with Gasteiger partial charge in [-0.2, -0.15) is 0 Å². The van der Waals surface area contributed by atoms with Crippen molar-refractivity contribution in [3.05, 3.63) is 23.9 Å². The Morgan fingerprint density at radius 2 is 2.19 bits per heavy atom. The number of fused-ring (bicyclic) bond motifs is 1. The molecule has 3 heterocycles. The van der Waals surface area contributed by atoms with Crippen molar-refractivity contribution in [2.45, 2.75) is 50.8 Å². The molecule has 0 unspecified atom stereocenters. The number of carbonyl (C=O) groups excluding carboxylic acids is 2. The minimum Gasteiger partial charge on any atom is -0.477 e. The maximum atomic E-state index is 12.2. The number of aliphatic carboxylic acids is 1. The van der Waals surface area contributed by atoms with Gasteiger partial charge in [-0.3, -0.25) is 4.79 Å². The summed E-state index contributed by atoms with van der Waals surface area (Å²) in [5.41, 5.74) is 0.677. The van der Waals surface area contributed by atoms with Gasteiger partial charge in [-0.1, -0.05) is 12.7 Å². The number of carboxylic acid groups (broad SMARTS) is 1. The molecule has 0 aromatic heterocycles. The van der Waals surface area contributed by atoms with Crippen LogP contribution in [0.3, 0.4) is 0 Å². The molecule has 0 spiro atoms.